The molecule has 346 valence electrons. The molecule has 0 saturated carbocycles. The fourth-order valence-electron chi connectivity index (χ4n) is 8.59. The third-order valence-corrected chi connectivity index (χ3v) is 11.7. The van der Waals surface area contributed by atoms with Crippen molar-refractivity contribution in [2.24, 2.45) is 0 Å². The van der Waals surface area contributed by atoms with Crippen LogP contribution < -0.4 is 16.4 Å². The van der Waals surface area contributed by atoms with E-state index < -0.39 is 115 Å². The highest BCUT2D eigenvalue weighted by Gasteiger charge is 2.52. The van der Waals surface area contributed by atoms with E-state index in [2.05, 4.69) is 4.85 Å². The van der Waals surface area contributed by atoms with Crippen LogP contribution in [0.25, 0.3) is 27.1 Å². The zero-order chi connectivity index (χ0) is 49.2. The maximum atomic E-state index is 16.5. The molecule has 0 aliphatic rings. The zero-order valence-electron chi connectivity index (χ0n) is 36.2. The summed E-state index contributed by atoms with van der Waals surface area (Å²) in [6, 6.07) is 14.6. The summed E-state index contributed by atoms with van der Waals surface area (Å²) in [5.74, 6) is -46.3. The number of para-hydroxylation sites is 1. The van der Waals surface area contributed by atoms with Gasteiger partial charge in [0.05, 0.1) is 17.1 Å². The Morgan fingerprint density at radius 3 is 0.773 bits per heavy atom. The minimum Gasteiger partial charge on any atom is -0.207 e. The van der Waals surface area contributed by atoms with Crippen LogP contribution in [0.2, 0.25) is 0 Å². The van der Waals surface area contributed by atoms with Crippen molar-refractivity contribution in [1.29, 1.82) is 0 Å². The smallest absolute Gasteiger partial charge is 0.207 e. The molecule has 6 aromatic carbocycles. The normalized spacial score (nSPS) is 12.0. The van der Waals surface area contributed by atoms with Gasteiger partial charge in [-0.1, -0.05) is 103 Å². The molecule has 0 bridgehead atoms. The van der Waals surface area contributed by atoms with Gasteiger partial charge in [-0.15, -0.1) is 16.4 Å². The van der Waals surface area contributed by atoms with Crippen LogP contribution in [-0.4, -0.2) is 6.15 Å². The molecule has 0 fully saturated rings. The number of halogens is 15. The molecule has 0 aromatic heterocycles. The first-order valence-electron chi connectivity index (χ1n) is 20.4. The molecule has 6 rings (SSSR count). The van der Waals surface area contributed by atoms with Crippen molar-refractivity contribution in [3.8, 4) is 28.2 Å². The Bertz CT molecular complexity index is 2630. The van der Waals surface area contributed by atoms with E-state index in [4.69, 9.17) is 0 Å². The molecule has 1 nitrogen and oxygen atoms in total. The van der Waals surface area contributed by atoms with Crippen molar-refractivity contribution < 1.29 is 65.9 Å². The number of nitrogens with zero attached hydrogens (tertiary/aromatic N) is 1. The quantitative estimate of drug-likeness (QED) is 0.0589. The first kappa shape index (κ1) is 49.3. The van der Waals surface area contributed by atoms with Crippen molar-refractivity contribution in [3.63, 3.8) is 0 Å². The molecule has 17 heteroatoms. The summed E-state index contributed by atoms with van der Waals surface area (Å²) < 4.78 is 236. The second-order valence-corrected chi connectivity index (χ2v) is 17.0. The monoisotopic (exact) mass is 935 g/mol. The molecule has 0 atom stereocenters. The van der Waals surface area contributed by atoms with Gasteiger partial charge in [-0.25, -0.2) is 65.9 Å². The third-order valence-electron chi connectivity index (χ3n) is 11.7. The number of benzene rings is 6. The Hall–Kier alpha value is -6.18. The molecule has 6 aromatic rings. The Balaban J connectivity index is 2.07. The van der Waals surface area contributed by atoms with E-state index in [1.54, 1.807) is 97.8 Å². The molecule has 0 amide bonds. The first-order chi connectivity index (χ1) is 30.9. The predicted molar refractivity (Wildman–Crippen MR) is 224 cm³/mol. The van der Waals surface area contributed by atoms with Gasteiger partial charge in [0.2, 0.25) is 0 Å². The Morgan fingerprint density at radius 1 is 0.333 bits per heavy atom. The summed E-state index contributed by atoms with van der Waals surface area (Å²) in [4.78, 5) is 4.22. The minimum absolute atomic E-state index is 0.00167. The van der Waals surface area contributed by atoms with Crippen LogP contribution in [0.5, 0.6) is 0 Å². The Morgan fingerprint density at radius 2 is 0.545 bits per heavy atom. The molecule has 0 aliphatic carbocycles. The molecule has 0 radical (unpaired) electrons. The van der Waals surface area contributed by atoms with Crippen molar-refractivity contribution in [3.05, 3.63) is 169 Å². The molecule has 0 spiro atoms. The van der Waals surface area contributed by atoms with Crippen LogP contribution in [0.1, 0.15) is 101 Å². The maximum Gasteiger partial charge on any atom is 0.350 e. The van der Waals surface area contributed by atoms with Crippen molar-refractivity contribution in [1.82, 2.24) is 0 Å². The first-order valence-corrected chi connectivity index (χ1v) is 20.4. The lowest BCUT2D eigenvalue weighted by Gasteiger charge is -2.35. The standard InChI is InChI=1S/C49H37BF15N/c1-19(2)23-12-9-13-24(20(3)4)29(23)27-16-11-17-28(30-25(21(5)6)14-10-15-26(30)22(7)8)49(27)66-18-50(31-34(51)40(57)46(63)41(58)35(31)52,32-36(53)42(59)47(64)43(60)37(32)54)33-38(55)44(61)48(65)45(62)39(33)56/h9-17,19-22H,1-8H3. The van der Waals surface area contributed by atoms with Gasteiger partial charge in [-0.05, 0) is 69.2 Å². The summed E-state index contributed by atoms with van der Waals surface area (Å²) in [6.07, 6.45) is -6.23. The van der Waals surface area contributed by atoms with E-state index >= 15 is 52.7 Å². The zero-order valence-corrected chi connectivity index (χ0v) is 36.2. The number of hydrogen-bond donors (Lipinski definition) is 0. The van der Waals surface area contributed by atoms with E-state index in [-0.39, 0.29) is 34.8 Å². The van der Waals surface area contributed by atoms with Gasteiger partial charge in [-0.3, -0.25) is 0 Å². The van der Waals surface area contributed by atoms with Gasteiger partial charge >= 0.3 is 5.69 Å². The van der Waals surface area contributed by atoms with Crippen LogP contribution in [0, 0.1) is 93.2 Å². The highest BCUT2D eigenvalue weighted by atomic mass is 19.2. The summed E-state index contributed by atoms with van der Waals surface area (Å²) in [6.45, 7) is 14.3. The van der Waals surface area contributed by atoms with Gasteiger partial charge in [0.15, 0.2) is 52.4 Å². The van der Waals surface area contributed by atoms with Crippen LogP contribution in [0.3, 0.4) is 0 Å². The summed E-state index contributed by atoms with van der Waals surface area (Å²) in [5, 5.41) is 0. The summed E-state index contributed by atoms with van der Waals surface area (Å²) in [7, 11) is 0. The van der Waals surface area contributed by atoms with Gasteiger partial charge in [0.25, 0.3) is 6.15 Å². The fourth-order valence-corrected chi connectivity index (χ4v) is 8.59. The Kier molecular flexibility index (Phi) is 13.6. The second kappa shape index (κ2) is 18.2. The van der Waals surface area contributed by atoms with Crippen LogP contribution in [-0.2, 0) is 0 Å². The second-order valence-electron chi connectivity index (χ2n) is 17.0. The van der Waals surface area contributed by atoms with Crippen LogP contribution in [0.15, 0.2) is 54.6 Å². The molecular formula is C49H37BF15N. The van der Waals surface area contributed by atoms with E-state index in [0.717, 1.165) is 0 Å². The average molecular weight is 936 g/mol. The maximum absolute atomic E-state index is 16.5. The average Bonchev–Trinajstić information content (AvgIpc) is 3.28. The largest absolute Gasteiger partial charge is 0.350 e. The molecule has 0 aliphatic heterocycles. The topological polar surface area (TPSA) is 4.36 Å². The molecule has 66 heavy (non-hydrogen) atoms. The van der Waals surface area contributed by atoms with Gasteiger partial charge < -0.3 is 0 Å². The summed E-state index contributed by atoms with van der Waals surface area (Å²) >= 11 is 0. The molecule has 0 N–H and O–H groups in total. The van der Waals surface area contributed by atoms with E-state index in [1.807, 2.05) is 0 Å². The lowest BCUT2D eigenvalue weighted by Crippen LogP contribution is -2.72. The molecular weight excluding hydrogens is 898 g/mol. The third kappa shape index (κ3) is 7.69. The fraction of sp³-hybridized carbons (Fsp3) is 0.245. The molecule has 0 heterocycles. The van der Waals surface area contributed by atoms with Crippen LogP contribution >= 0.6 is 0 Å². The SMILES string of the molecule is CC(C)c1cccc(C(C)C)c1-c1cccc(-c2c(C(C)C)cccc2C(C)C)c1[N+]#C[B-](c1c(F)c(F)c(F)c(F)c1F)(c1c(F)c(F)c(F)c(F)c1F)c1c(F)c(F)c(F)c(F)c1F. The molecule has 0 saturated heterocycles. The minimum atomic E-state index is -6.23. The van der Waals surface area contributed by atoms with Gasteiger partial charge in [-0.2, -0.15) is 0 Å². The van der Waals surface area contributed by atoms with E-state index in [1.165, 1.54) is 18.2 Å². The van der Waals surface area contributed by atoms with E-state index in [0.29, 0.717) is 33.4 Å². The van der Waals surface area contributed by atoms with Crippen LogP contribution in [0.4, 0.5) is 71.5 Å². The number of rotatable bonds is 9. The Labute approximate surface area is 369 Å². The number of hydrogen-bond acceptors (Lipinski definition) is 0. The van der Waals surface area contributed by atoms with E-state index in [9.17, 15) is 13.2 Å². The van der Waals surface area contributed by atoms with Crippen molar-refractivity contribution in [2.75, 3.05) is 0 Å². The molecule has 0 unspecified atom stereocenters. The lowest BCUT2D eigenvalue weighted by atomic mass is 9.16. The van der Waals surface area contributed by atoms with Crippen molar-refractivity contribution >= 4 is 28.2 Å². The van der Waals surface area contributed by atoms with Crippen molar-refractivity contribution in [2.45, 2.75) is 79.1 Å². The highest BCUT2D eigenvalue weighted by molar-refractivity contribution is 7.17. The lowest BCUT2D eigenvalue weighted by molar-refractivity contribution is 0.380. The van der Waals surface area contributed by atoms with Gasteiger partial charge in [0, 0.05) is 0 Å². The predicted octanol–water partition coefficient (Wildman–Crippen LogP) is 14.3. The summed E-state index contributed by atoms with van der Waals surface area (Å²) in [5.41, 5.74) is -5.95. The highest BCUT2D eigenvalue weighted by Crippen LogP contribution is 2.48. The van der Waals surface area contributed by atoms with Gasteiger partial charge in [0.1, 0.15) is 34.9 Å².